The number of phenolic OH excluding ortho intramolecular Hbond substituents is 1. The third-order valence-corrected chi connectivity index (χ3v) is 6.51. The number of allylic oxidation sites excluding steroid dienone is 6. The van der Waals surface area contributed by atoms with Crippen LogP contribution < -0.4 is 26.8 Å². The van der Waals surface area contributed by atoms with Crippen LogP contribution in [0.4, 0.5) is 4.39 Å². The summed E-state index contributed by atoms with van der Waals surface area (Å²) in [5.74, 6) is 1.00. The van der Waals surface area contributed by atoms with Gasteiger partial charge in [-0.05, 0) is 74.7 Å². The van der Waals surface area contributed by atoms with Gasteiger partial charge in [0.1, 0.15) is 17.4 Å². The molecule has 2 atom stereocenters. The summed E-state index contributed by atoms with van der Waals surface area (Å²) in [4.78, 5) is 17.5. The molecule has 1 aliphatic heterocycles. The number of fused-ring (bicyclic) bond motifs is 1. The molecule has 2 unspecified atom stereocenters. The van der Waals surface area contributed by atoms with E-state index in [-0.39, 0.29) is 30.1 Å². The number of nitrogens with two attached hydrogens (primary N) is 1. The first-order chi connectivity index (χ1) is 19.8. The van der Waals surface area contributed by atoms with Crippen LogP contribution in [0.15, 0.2) is 72.8 Å². The zero-order valence-electron chi connectivity index (χ0n) is 25.5. The van der Waals surface area contributed by atoms with E-state index in [0.29, 0.717) is 28.6 Å². The van der Waals surface area contributed by atoms with Crippen molar-refractivity contribution in [3.8, 4) is 5.75 Å². The molecule has 41 heavy (non-hydrogen) atoms. The Bertz CT molecular complexity index is 1340. The van der Waals surface area contributed by atoms with Crippen molar-refractivity contribution in [2.75, 3.05) is 13.6 Å². The first kappa shape index (κ1) is 35.3. The Morgan fingerprint density at radius 3 is 2.61 bits per heavy atom. The molecule has 0 fully saturated rings. The lowest BCUT2D eigenvalue weighted by Crippen LogP contribution is -2.37. The number of nitrogens with zero attached hydrogens (tertiary/aromatic N) is 2. The molecule has 0 spiro atoms. The van der Waals surface area contributed by atoms with Gasteiger partial charge in [-0.15, -0.1) is 0 Å². The Labute approximate surface area is 244 Å². The molecule has 5 N–H and O–H groups in total. The van der Waals surface area contributed by atoms with Crippen molar-refractivity contribution in [3.05, 3.63) is 94.7 Å². The van der Waals surface area contributed by atoms with E-state index in [1.807, 2.05) is 33.0 Å². The Morgan fingerprint density at radius 1 is 1.27 bits per heavy atom. The number of rotatable bonds is 9. The number of carbonyl (C=O) groups is 1. The summed E-state index contributed by atoms with van der Waals surface area (Å²) >= 11 is 0. The number of phenols is 1. The van der Waals surface area contributed by atoms with Crippen LogP contribution in [-0.4, -0.2) is 34.2 Å². The lowest BCUT2D eigenvalue weighted by molar-refractivity contribution is -0.119. The number of amides is 1. The monoisotopic (exact) mass is 565 g/mol. The molecule has 2 aromatic rings. The van der Waals surface area contributed by atoms with Gasteiger partial charge in [-0.1, -0.05) is 58.2 Å². The molecule has 0 radical (unpaired) electrons. The first-order valence-electron chi connectivity index (χ1n) is 14.2. The molecule has 224 valence electrons. The Morgan fingerprint density at radius 2 is 1.98 bits per heavy atom. The second-order valence-electron chi connectivity index (χ2n) is 9.37. The number of nitrogens with one attached hydrogen (secondary N) is 2. The van der Waals surface area contributed by atoms with E-state index < -0.39 is 0 Å². The number of hydrogen-bond acceptors (Lipinski definition) is 5. The largest absolute Gasteiger partial charge is 0.508 e. The molecule has 7 nitrogen and oxygen atoms in total. The van der Waals surface area contributed by atoms with Crippen LogP contribution in [0.2, 0.25) is 0 Å². The highest BCUT2D eigenvalue weighted by atomic mass is 19.1. The molecule has 2 heterocycles. The zero-order chi connectivity index (χ0) is 30.9. The lowest BCUT2D eigenvalue weighted by Gasteiger charge is -2.23. The van der Waals surface area contributed by atoms with Gasteiger partial charge in [0, 0.05) is 30.1 Å². The van der Waals surface area contributed by atoms with Crippen LogP contribution in [0.3, 0.4) is 0 Å². The third kappa shape index (κ3) is 10.3. The van der Waals surface area contributed by atoms with Gasteiger partial charge >= 0.3 is 0 Å². The fourth-order valence-electron chi connectivity index (χ4n) is 4.61. The van der Waals surface area contributed by atoms with Gasteiger partial charge in [0.15, 0.2) is 0 Å². The average Bonchev–Trinajstić information content (AvgIpc) is 3.28. The molecule has 0 aliphatic carbocycles. The van der Waals surface area contributed by atoms with E-state index in [0.717, 1.165) is 36.4 Å². The van der Waals surface area contributed by atoms with Crippen molar-refractivity contribution in [2.45, 2.75) is 66.5 Å². The fraction of sp³-hybridized carbons (Fsp3) is 0.394. The summed E-state index contributed by atoms with van der Waals surface area (Å²) in [7, 11) is 1.50. The van der Waals surface area contributed by atoms with Crippen LogP contribution in [0.1, 0.15) is 65.0 Å². The molecule has 3 rings (SSSR count). The van der Waals surface area contributed by atoms with Crippen molar-refractivity contribution in [1.29, 1.82) is 0 Å². The van der Waals surface area contributed by atoms with Crippen molar-refractivity contribution >= 4 is 18.2 Å². The second-order valence-corrected chi connectivity index (χ2v) is 9.37. The van der Waals surface area contributed by atoms with Gasteiger partial charge in [0.25, 0.3) is 0 Å². The molecule has 0 saturated carbocycles. The van der Waals surface area contributed by atoms with Gasteiger partial charge in [-0.3, -0.25) is 4.79 Å². The van der Waals surface area contributed by atoms with Gasteiger partial charge in [-0.2, -0.15) is 0 Å². The summed E-state index contributed by atoms with van der Waals surface area (Å²) in [5, 5.41) is 17.4. The SMILES string of the molecule is C=C/C(=C\C(F)=C/C)C1CCC(C)Cc2ncc(CNCC(=O)NC(/C=C\C)=c3\cc(O)ccc3=C)n21.CC.CN. The third-order valence-electron chi connectivity index (χ3n) is 6.51. The summed E-state index contributed by atoms with van der Waals surface area (Å²) in [6.45, 7) is 18.2. The molecule has 0 saturated heterocycles. The van der Waals surface area contributed by atoms with Crippen LogP contribution in [0.5, 0.6) is 5.75 Å². The smallest absolute Gasteiger partial charge is 0.238 e. The number of aromatic nitrogens is 2. The molecule has 0 bridgehead atoms. The van der Waals surface area contributed by atoms with E-state index in [2.05, 4.69) is 46.0 Å². The standard InChI is InChI=1S/C30H37FN4O2.C2H6.CH5N/c1-6-9-27(26-16-25(36)12-11-21(26)5)34-30(37)19-32-17-24-18-33-29-14-20(4)10-13-28(35(24)29)22(7-2)15-23(31)8-3;2*1-2/h6-9,11-12,15-16,18,20,28,32,36H,2,5,10,13-14,17,19H2,1,3-4H3,(H,34,37);1-2H3;2H2,1H3/b9-6-,22-15+,23-8+,27-26+;;. The van der Waals surface area contributed by atoms with Gasteiger partial charge in [0.2, 0.25) is 5.91 Å². The maximum absolute atomic E-state index is 14.2. The fourth-order valence-corrected chi connectivity index (χ4v) is 4.61. The number of carbonyl (C=O) groups excluding carboxylic acids is 1. The Kier molecular flexibility index (Phi) is 16.0. The van der Waals surface area contributed by atoms with Gasteiger partial charge < -0.3 is 26.0 Å². The van der Waals surface area contributed by atoms with Crippen LogP contribution in [0.25, 0.3) is 12.3 Å². The minimum absolute atomic E-state index is 0.0747. The first-order valence-corrected chi connectivity index (χ1v) is 14.2. The molecule has 1 aromatic heterocycles. The second kappa shape index (κ2) is 18.6. The minimum atomic E-state index is -0.296. The van der Waals surface area contributed by atoms with E-state index >= 15 is 0 Å². The van der Waals surface area contributed by atoms with E-state index in [9.17, 15) is 14.3 Å². The molecule has 8 heteroatoms. The maximum Gasteiger partial charge on any atom is 0.238 e. The molecular formula is C33H48FN5O2. The van der Waals surface area contributed by atoms with Crippen molar-refractivity contribution in [3.63, 3.8) is 0 Å². The predicted octanol–water partition coefficient (Wildman–Crippen LogP) is 4.69. The van der Waals surface area contributed by atoms with Crippen molar-refractivity contribution in [1.82, 2.24) is 20.2 Å². The summed E-state index contributed by atoms with van der Waals surface area (Å²) in [5.41, 5.74) is 6.80. The van der Waals surface area contributed by atoms with Crippen LogP contribution in [-0.2, 0) is 17.8 Å². The quantitative estimate of drug-likeness (QED) is 0.330. The predicted molar refractivity (Wildman–Crippen MR) is 169 cm³/mol. The van der Waals surface area contributed by atoms with Crippen LogP contribution >= 0.6 is 0 Å². The lowest BCUT2D eigenvalue weighted by atomic mass is 9.96. The van der Waals surface area contributed by atoms with E-state index in [4.69, 9.17) is 0 Å². The van der Waals surface area contributed by atoms with Crippen molar-refractivity contribution < 1.29 is 14.3 Å². The Balaban J connectivity index is 0.00000201. The molecular weight excluding hydrogens is 517 g/mol. The van der Waals surface area contributed by atoms with E-state index in [1.54, 1.807) is 43.4 Å². The number of imidazole rings is 1. The zero-order valence-corrected chi connectivity index (χ0v) is 25.5. The number of halogens is 1. The highest BCUT2D eigenvalue weighted by molar-refractivity contribution is 5.86. The van der Waals surface area contributed by atoms with Gasteiger partial charge in [-0.25, -0.2) is 9.37 Å². The van der Waals surface area contributed by atoms with Crippen molar-refractivity contribution in [2.24, 2.45) is 11.7 Å². The number of hydrogen-bond donors (Lipinski definition) is 4. The summed E-state index contributed by atoms with van der Waals surface area (Å²) in [6.07, 6.45) is 12.8. The number of aromatic hydroxyl groups is 1. The van der Waals surface area contributed by atoms with Crippen LogP contribution in [0, 0.1) is 5.92 Å². The Hall–Kier alpha value is -3.75. The normalized spacial score (nSPS) is 17.8. The molecule has 1 amide bonds. The maximum atomic E-state index is 14.2. The number of benzene rings is 1. The van der Waals surface area contributed by atoms with Gasteiger partial charge in [0.05, 0.1) is 18.3 Å². The molecule has 1 aliphatic rings. The highest BCUT2D eigenvalue weighted by Crippen LogP contribution is 2.34. The summed E-state index contributed by atoms with van der Waals surface area (Å²) < 4.78 is 16.3. The van der Waals surface area contributed by atoms with E-state index in [1.165, 1.54) is 13.1 Å². The highest BCUT2D eigenvalue weighted by Gasteiger charge is 2.26. The summed E-state index contributed by atoms with van der Waals surface area (Å²) in [6, 6.07) is 4.77. The molecule has 1 aromatic carbocycles. The average molecular weight is 566 g/mol. The topological polar surface area (TPSA) is 105 Å². The minimum Gasteiger partial charge on any atom is -0.508 e.